The lowest BCUT2D eigenvalue weighted by Crippen LogP contribution is -2.27. The van der Waals surface area contributed by atoms with Gasteiger partial charge in [0.2, 0.25) is 0 Å². The van der Waals surface area contributed by atoms with Crippen LogP contribution in [0, 0.1) is 6.92 Å². The Morgan fingerprint density at radius 3 is 2.88 bits per heavy atom. The van der Waals surface area contributed by atoms with E-state index in [0.29, 0.717) is 12.4 Å². The van der Waals surface area contributed by atoms with Gasteiger partial charge in [-0.25, -0.2) is 0 Å². The van der Waals surface area contributed by atoms with Gasteiger partial charge >= 0.3 is 0 Å². The van der Waals surface area contributed by atoms with Gasteiger partial charge in [-0.2, -0.15) is 5.10 Å². The van der Waals surface area contributed by atoms with E-state index in [2.05, 4.69) is 22.4 Å². The van der Waals surface area contributed by atoms with Crippen molar-refractivity contribution < 1.29 is 14.3 Å². The van der Waals surface area contributed by atoms with Crippen LogP contribution in [-0.2, 0) is 16.1 Å². The number of carbonyl (C=O) groups excluding carboxylic acids is 1. The quantitative estimate of drug-likeness (QED) is 0.658. The van der Waals surface area contributed by atoms with E-state index >= 15 is 0 Å². The first-order chi connectivity index (χ1) is 12.5. The summed E-state index contributed by atoms with van der Waals surface area (Å²) < 4.78 is 10.8. The molecule has 136 valence electrons. The average Bonchev–Trinajstić information content (AvgIpc) is 3.28. The van der Waals surface area contributed by atoms with Crippen LogP contribution in [0.3, 0.4) is 0 Å². The lowest BCUT2D eigenvalue weighted by atomic mass is 10.2. The molecule has 3 aromatic rings. The van der Waals surface area contributed by atoms with E-state index in [0.717, 1.165) is 21.9 Å². The Morgan fingerprint density at radius 1 is 1.31 bits per heavy atom. The van der Waals surface area contributed by atoms with Gasteiger partial charge in [-0.05, 0) is 43.7 Å². The predicted molar refractivity (Wildman–Crippen MR) is 103 cm³/mol. The van der Waals surface area contributed by atoms with Crippen molar-refractivity contribution in [1.82, 2.24) is 10.2 Å². The van der Waals surface area contributed by atoms with Gasteiger partial charge in [0, 0.05) is 10.9 Å². The van der Waals surface area contributed by atoms with Crippen LogP contribution in [0.25, 0.3) is 10.6 Å². The van der Waals surface area contributed by atoms with Crippen LogP contribution in [0.1, 0.15) is 17.4 Å². The fourth-order valence-corrected chi connectivity index (χ4v) is 3.21. The maximum atomic E-state index is 12.3. The number of benzene rings is 1. The van der Waals surface area contributed by atoms with Gasteiger partial charge in [-0.1, -0.05) is 12.1 Å². The van der Waals surface area contributed by atoms with Gasteiger partial charge in [-0.3, -0.25) is 9.89 Å². The third kappa shape index (κ3) is 4.50. The normalized spacial score (nSPS) is 12.0. The van der Waals surface area contributed by atoms with Gasteiger partial charge in [0.1, 0.15) is 11.9 Å². The first-order valence-corrected chi connectivity index (χ1v) is 9.04. The molecule has 6 nitrogen and oxygen atoms in total. The SMILES string of the molecule is COc1cccc(COC(C)C(=O)Nc2cc(-c3ccc(C)s3)[nH]n2)c1. The second-order valence-electron chi connectivity index (χ2n) is 5.87. The first-order valence-electron chi connectivity index (χ1n) is 8.23. The van der Waals surface area contributed by atoms with Crippen molar-refractivity contribution in [3.8, 4) is 16.3 Å². The number of H-pyrrole nitrogens is 1. The van der Waals surface area contributed by atoms with E-state index in [-0.39, 0.29) is 5.91 Å². The molecule has 0 saturated heterocycles. The highest BCUT2D eigenvalue weighted by Crippen LogP contribution is 2.27. The van der Waals surface area contributed by atoms with Crippen molar-refractivity contribution in [3.05, 3.63) is 52.9 Å². The van der Waals surface area contributed by atoms with Crippen molar-refractivity contribution in [1.29, 1.82) is 0 Å². The molecular weight excluding hydrogens is 350 g/mol. The van der Waals surface area contributed by atoms with Crippen molar-refractivity contribution in [2.75, 3.05) is 12.4 Å². The van der Waals surface area contributed by atoms with E-state index in [1.807, 2.05) is 42.5 Å². The molecule has 1 aromatic carbocycles. The number of methoxy groups -OCH3 is 1. The smallest absolute Gasteiger partial charge is 0.254 e. The molecule has 2 aromatic heterocycles. The number of rotatable bonds is 7. The van der Waals surface area contributed by atoms with Gasteiger partial charge in [0.25, 0.3) is 5.91 Å². The number of anilines is 1. The molecule has 0 aliphatic carbocycles. The second kappa shape index (κ2) is 8.16. The van der Waals surface area contributed by atoms with Crippen LogP contribution in [0.15, 0.2) is 42.5 Å². The van der Waals surface area contributed by atoms with Gasteiger partial charge in [0.05, 0.1) is 24.3 Å². The standard InChI is InChI=1S/C19H21N3O3S/c1-12-7-8-17(26-12)16-10-18(22-21-16)20-19(23)13(2)25-11-14-5-4-6-15(9-14)24-3/h4-10,13H,11H2,1-3H3,(H2,20,21,22,23). The lowest BCUT2D eigenvalue weighted by Gasteiger charge is -2.12. The summed E-state index contributed by atoms with van der Waals surface area (Å²) in [6.45, 7) is 4.09. The molecular formula is C19H21N3O3S. The minimum atomic E-state index is -0.606. The van der Waals surface area contributed by atoms with Crippen molar-refractivity contribution >= 4 is 23.1 Å². The van der Waals surface area contributed by atoms with Crippen molar-refractivity contribution in [2.24, 2.45) is 0 Å². The molecule has 0 fully saturated rings. The molecule has 1 unspecified atom stereocenters. The maximum Gasteiger partial charge on any atom is 0.254 e. The highest BCUT2D eigenvalue weighted by Gasteiger charge is 2.16. The molecule has 26 heavy (non-hydrogen) atoms. The van der Waals surface area contributed by atoms with E-state index in [4.69, 9.17) is 9.47 Å². The summed E-state index contributed by atoms with van der Waals surface area (Å²) in [4.78, 5) is 14.6. The number of amides is 1. The molecule has 0 aliphatic heterocycles. The zero-order chi connectivity index (χ0) is 18.5. The first kappa shape index (κ1) is 18.2. The van der Waals surface area contributed by atoms with E-state index in [1.165, 1.54) is 4.88 Å². The summed E-state index contributed by atoms with van der Waals surface area (Å²) in [5, 5.41) is 9.86. The minimum Gasteiger partial charge on any atom is -0.497 e. The lowest BCUT2D eigenvalue weighted by molar-refractivity contribution is -0.127. The zero-order valence-corrected chi connectivity index (χ0v) is 15.7. The Bertz CT molecular complexity index is 888. The Hall–Kier alpha value is -2.64. The number of carbonyl (C=O) groups is 1. The third-order valence-electron chi connectivity index (χ3n) is 3.84. The van der Waals surface area contributed by atoms with Crippen molar-refractivity contribution in [2.45, 2.75) is 26.6 Å². The Balaban J connectivity index is 1.55. The third-order valence-corrected chi connectivity index (χ3v) is 4.87. The van der Waals surface area contributed by atoms with Crippen LogP contribution < -0.4 is 10.1 Å². The molecule has 7 heteroatoms. The monoisotopic (exact) mass is 371 g/mol. The fourth-order valence-electron chi connectivity index (χ4n) is 2.38. The molecule has 3 rings (SSSR count). The summed E-state index contributed by atoms with van der Waals surface area (Å²) in [6.07, 6.45) is -0.606. The van der Waals surface area contributed by atoms with E-state index in [9.17, 15) is 4.79 Å². The van der Waals surface area contributed by atoms with Crippen LogP contribution in [0.4, 0.5) is 5.82 Å². The number of nitrogens with zero attached hydrogens (tertiary/aromatic N) is 1. The van der Waals surface area contributed by atoms with Crippen LogP contribution in [0.2, 0.25) is 0 Å². The highest BCUT2D eigenvalue weighted by atomic mass is 32.1. The van der Waals surface area contributed by atoms with Gasteiger partial charge < -0.3 is 14.8 Å². The van der Waals surface area contributed by atoms with E-state index in [1.54, 1.807) is 25.4 Å². The van der Waals surface area contributed by atoms with Crippen LogP contribution in [-0.4, -0.2) is 29.3 Å². The summed E-state index contributed by atoms with van der Waals surface area (Å²) >= 11 is 1.67. The number of aryl methyl sites for hydroxylation is 1. The maximum absolute atomic E-state index is 12.3. The number of thiophene rings is 1. The number of aromatic nitrogens is 2. The summed E-state index contributed by atoms with van der Waals surface area (Å²) in [6, 6.07) is 13.5. The molecule has 2 N–H and O–H groups in total. The number of ether oxygens (including phenoxy) is 2. The summed E-state index contributed by atoms with van der Waals surface area (Å²) in [7, 11) is 1.62. The second-order valence-corrected chi connectivity index (χ2v) is 7.16. The van der Waals surface area contributed by atoms with Gasteiger partial charge in [-0.15, -0.1) is 11.3 Å². The minimum absolute atomic E-state index is 0.242. The van der Waals surface area contributed by atoms with Crippen molar-refractivity contribution in [3.63, 3.8) is 0 Å². The number of hydrogen-bond acceptors (Lipinski definition) is 5. The highest BCUT2D eigenvalue weighted by molar-refractivity contribution is 7.15. The number of nitrogens with one attached hydrogen (secondary N) is 2. The van der Waals surface area contributed by atoms with E-state index < -0.39 is 6.10 Å². The Kier molecular flexibility index (Phi) is 5.70. The predicted octanol–water partition coefficient (Wildman–Crippen LogP) is 4.00. The Labute approximate surface area is 156 Å². The van der Waals surface area contributed by atoms with Gasteiger partial charge in [0.15, 0.2) is 5.82 Å². The van der Waals surface area contributed by atoms with Crippen LogP contribution >= 0.6 is 11.3 Å². The summed E-state index contributed by atoms with van der Waals surface area (Å²) in [5.74, 6) is 0.997. The number of aromatic amines is 1. The molecule has 0 bridgehead atoms. The molecule has 0 spiro atoms. The molecule has 0 aliphatic rings. The zero-order valence-electron chi connectivity index (χ0n) is 14.9. The Morgan fingerprint density at radius 2 is 2.15 bits per heavy atom. The fraction of sp³-hybridized carbons (Fsp3) is 0.263. The molecule has 0 radical (unpaired) electrons. The van der Waals surface area contributed by atoms with Crippen LogP contribution in [0.5, 0.6) is 5.75 Å². The summed E-state index contributed by atoms with van der Waals surface area (Å²) in [5.41, 5.74) is 1.82. The number of hydrogen-bond donors (Lipinski definition) is 2. The molecule has 2 heterocycles. The molecule has 0 saturated carbocycles. The topological polar surface area (TPSA) is 76.2 Å². The largest absolute Gasteiger partial charge is 0.497 e. The molecule has 1 amide bonds. The average molecular weight is 371 g/mol. The molecule has 1 atom stereocenters.